The van der Waals surface area contributed by atoms with E-state index in [1.165, 1.54) is 0 Å². The lowest BCUT2D eigenvalue weighted by atomic mass is 9.53. The van der Waals surface area contributed by atoms with Crippen molar-refractivity contribution in [1.82, 2.24) is 4.90 Å². The highest BCUT2D eigenvalue weighted by Gasteiger charge is 2.63. The number of hydrogen-bond acceptors (Lipinski definition) is 4. The summed E-state index contributed by atoms with van der Waals surface area (Å²) in [6, 6.07) is 10.6. The number of rotatable bonds is 7. The second-order valence-electron chi connectivity index (χ2n) is 10.5. The minimum atomic E-state index is -1.79. The van der Waals surface area contributed by atoms with Crippen molar-refractivity contribution in [2.75, 3.05) is 26.4 Å². The van der Waals surface area contributed by atoms with Gasteiger partial charge in [-0.1, -0.05) is 51.1 Å². The highest BCUT2D eigenvalue weighted by Crippen LogP contribution is 2.60. The van der Waals surface area contributed by atoms with Gasteiger partial charge >= 0.3 is 0 Å². The van der Waals surface area contributed by atoms with Crippen LogP contribution in [0.4, 0.5) is 0 Å². The predicted octanol–water partition coefficient (Wildman–Crippen LogP) is 4.06. The lowest BCUT2D eigenvalue weighted by molar-refractivity contribution is -0.0848. The lowest BCUT2D eigenvalue weighted by Gasteiger charge is -2.53. The van der Waals surface area contributed by atoms with E-state index in [0.717, 1.165) is 25.1 Å². The Morgan fingerprint density at radius 2 is 1.86 bits per heavy atom. The molecule has 1 heterocycles. The maximum Gasteiger partial charge on any atom is 0.191 e. The number of aliphatic hydroxyl groups excluding tert-OH is 2. The molecular weight excluding hydrogens is 366 g/mol. The maximum atomic E-state index is 10.4. The quantitative estimate of drug-likeness (QED) is 0.672. The van der Waals surface area contributed by atoms with Crippen molar-refractivity contribution in [2.45, 2.75) is 64.3 Å². The molecule has 5 heteroatoms. The average molecular weight is 406 g/mol. The molecule has 2 aliphatic rings. The van der Waals surface area contributed by atoms with Crippen LogP contribution in [0.2, 0.25) is 18.1 Å². The zero-order valence-electron chi connectivity index (χ0n) is 18.5. The first-order valence-electron chi connectivity index (χ1n) is 10.7. The van der Waals surface area contributed by atoms with E-state index in [0.29, 0.717) is 17.9 Å². The second-order valence-corrected chi connectivity index (χ2v) is 15.3. The number of aliphatic hydroxyl groups is 2. The summed E-state index contributed by atoms with van der Waals surface area (Å²) in [5.41, 5.74) is 1.06. The van der Waals surface area contributed by atoms with E-state index in [1.807, 2.05) is 18.2 Å². The van der Waals surface area contributed by atoms with Crippen molar-refractivity contribution >= 4 is 8.32 Å². The van der Waals surface area contributed by atoms with Crippen molar-refractivity contribution in [3.05, 3.63) is 35.9 Å². The van der Waals surface area contributed by atoms with Crippen LogP contribution in [0, 0.1) is 17.3 Å². The van der Waals surface area contributed by atoms with Gasteiger partial charge in [0, 0.05) is 24.6 Å². The van der Waals surface area contributed by atoms with Gasteiger partial charge in [0.25, 0.3) is 0 Å². The molecule has 2 fully saturated rings. The monoisotopic (exact) mass is 405 g/mol. The second kappa shape index (κ2) is 7.84. The van der Waals surface area contributed by atoms with Crippen LogP contribution in [-0.4, -0.2) is 55.8 Å². The molecule has 1 aliphatic heterocycles. The summed E-state index contributed by atoms with van der Waals surface area (Å²) in [4.78, 5) is 2.42. The summed E-state index contributed by atoms with van der Waals surface area (Å²) in [5, 5.41) is 20.8. The Hall–Kier alpha value is -0.723. The summed E-state index contributed by atoms with van der Waals surface area (Å²) in [6.07, 6.45) is 1.11. The Morgan fingerprint density at radius 1 is 1.21 bits per heavy atom. The summed E-state index contributed by atoms with van der Waals surface area (Å²) in [7, 11) is -1.79. The van der Waals surface area contributed by atoms with Crippen LogP contribution in [0.3, 0.4) is 0 Å². The molecule has 4 nitrogen and oxygen atoms in total. The molecule has 2 N–H and O–H groups in total. The molecule has 5 atom stereocenters. The van der Waals surface area contributed by atoms with Crippen molar-refractivity contribution in [2.24, 2.45) is 17.3 Å². The van der Waals surface area contributed by atoms with Crippen LogP contribution >= 0.6 is 0 Å². The molecule has 0 spiro atoms. The van der Waals surface area contributed by atoms with Crippen LogP contribution in [0.5, 0.6) is 0 Å². The van der Waals surface area contributed by atoms with Gasteiger partial charge in [0.05, 0.1) is 19.3 Å². The molecular formula is C23H39NO3Si. The number of fused-ring (bicyclic) bond motifs is 1. The highest BCUT2D eigenvalue weighted by molar-refractivity contribution is 6.74. The van der Waals surface area contributed by atoms with Gasteiger partial charge in [0.15, 0.2) is 8.32 Å². The van der Waals surface area contributed by atoms with E-state index < -0.39 is 8.32 Å². The van der Waals surface area contributed by atoms with E-state index in [9.17, 15) is 10.2 Å². The Labute approximate surface area is 172 Å². The third-order valence-corrected chi connectivity index (χ3v) is 12.7. The van der Waals surface area contributed by atoms with E-state index in [1.54, 1.807) is 0 Å². The third-order valence-electron chi connectivity index (χ3n) is 8.18. The summed E-state index contributed by atoms with van der Waals surface area (Å²) in [5.74, 6) is 0.877. The molecule has 158 valence electrons. The van der Waals surface area contributed by atoms with Crippen LogP contribution < -0.4 is 0 Å². The first kappa shape index (κ1) is 22.0. The highest BCUT2D eigenvalue weighted by atomic mass is 28.4. The Kier molecular flexibility index (Phi) is 6.15. The Balaban J connectivity index is 1.75. The van der Waals surface area contributed by atoms with E-state index >= 15 is 0 Å². The molecule has 1 unspecified atom stereocenters. The van der Waals surface area contributed by atoms with Gasteiger partial charge < -0.3 is 14.6 Å². The fraction of sp³-hybridized carbons (Fsp3) is 0.739. The Morgan fingerprint density at radius 3 is 2.39 bits per heavy atom. The average Bonchev–Trinajstić information content (AvgIpc) is 2.84. The fourth-order valence-corrected chi connectivity index (χ4v) is 6.13. The van der Waals surface area contributed by atoms with Crippen molar-refractivity contribution in [3.63, 3.8) is 0 Å². The molecule has 28 heavy (non-hydrogen) atoms. The summed E-state index contributed by atoms with van der Waals surface area (Å²) < 4.78 is 6.53. The molecule has 0 amide bonds. The molecule has 1 aliphatic carbocycles. The number of benzene rings is 1. The molecule has 0 radical (unpaired) electrons. The summed E-state index contributed by atoms with van der Waals surface area (Å²) in [6.45, 7) is 15.6. The number of nitrogens with zero attached hydrogens (tertiary/aromatic N) is 1. The van der Waals surface area contributed by atoms with Crippen LogP contribution in [0.15, 0.2) is 30.3 Å². The zero-order valence-corrected chi connectivity index (χ0v) is 19.5. The van der Waals surface area contributed by atoms with Crippen molar-refractivity contribution < 1.29 is 14.6 Å². The molecule has 1 saturated carbocycles. The summed E-state index contributed by atoms with van der Waals surface area (Å²) >= 11 is 0. The number of likely N-dealkylation sites (tertiary alicyclic amines) is 1. The van der Waals surface area contributed by atoms with E-state index in [2.05, 4.69) is 57.8 Å². The third kappa shape index (κ3) is 3.61. The van der Waals surface area contributed by atoms with E-state index in [4.69, 9.17) is 4.43 Å². The van der Waals surface area contributed by atoms with Gasteiger partial charge in [-0.05, 0) is 48.9 Å². The van der Waals surface area contributed by atoms with Crippen LogP contribution in [-0.2, 0) is 4.43 Å². The van der Waals surface area contributed by atoms with Gasteiger partial charge in [-0.3, -0.25) is 4.90 Å². The van der Waals surface area contributed by atoms with Gasteiger partial charge in [0.1, 0.15) is 0 Å². The largest absolute Gasteiger partial charge is 0.417 e. The lowest BCUT2D eigenvalue weighted by Crippen LogP contribution is -2.55. The zero-order chi connectivity index (χ0) is 20.7. The standard InChI is InChI=1S/C23H39NO3Si/c1-17-20-12-19(14-27-28(5,6)22(2,3)4)23(20,16-26)15-24(17)21(13-25)18-10-8-7-9-11-18/h7-11,17,19-21,25-26H,12-16H2,1-6H3/t17?,19-,20-,21-,23+/m0/s1. The van der Waals surface area contributed by atoms with Gasteiger partial charge in [-0.25, -0.2) is 0 Å². The van der Waals surface area contributed by atoms with Crippen LogP contribution in [0.25, 0.3) is 0 Å². The normalized spacial score (nSPS) is 32.1. The topological polar surface area (TPSA) is 52.9 Å². The van der Waals surface area contributed by atoms with E-state index in [-0.39, 0.29) is 29.7 Å². The molecule has 1 saturated heterocycles. The van der Waals surface area contributed by atoms with Crippen LogP contribution in [0.1, 0.15) is 45.7 Å². The molecule has 3 rings (SSSR count). The minimum Gasteiger partial charge on any atom is -0.417 e. The van der Waals surface area contributed by atoms with Gasteiger partial charge in [0.2, 0.25) is 0 Å². The van der Waals surface area contributed by atoms with Crippen molar-refractivity contribution in [3.8, 4) is 0 Å². The molecule has 0 bridgehead atoms. The van der Waals surface area contributed by atoms with Crippen molar-refractivity contribution in [1.29, 1.82) is 0 Å². The molecule has 1 aromatic rings. The molecule has 1 aromatic carbocycles. The molecule has 0 aromatic heterocycles. The van der Waals surface area contributed by atoms with Gasteiger partial charge in [-0.15, -0.1) is 0 Å². The predicted molar refractivity (Wildman–Crippen MR) is 117 cm³/mol. The smallest absolute Gasteiger partial charge is 0.191 e. The number of hydrogen-bond donors (Lipinski definition) is 2. The SMILES string of the molecule is CC1[C@@H]2C[C@@H](CO[Si](C)(C)C(C)(C)C)[C@]2(CO)CN1[C@@H](CO)c1ccccc1. The fourth-order valence-electron chi connectivity index (χ4n) is 5.08. The maximum absolute atomic E-state index is 10.4. The first-order chi connectivity index (χ1) is 13.1. The Bertz CT molecular complexity index is 660. The first-order valence-corrected chi connectivity index (χ1v) is 13.6. The minimum absolute atomic E-state index is 0.00724. The van der Waals surface area contributed by atoms with Gasteiger partial charge in [-0.2, -0.15) is 0 Å².